The molecule has 0 aliphatic carbocycles. The third kappa shape index (κ3) is 3.70. The van der Waals surface area contributed by atoms with Crippen molar-refractivity contribution < 1.29 is 9.53 Å². The predicted molar refractivity (Wildman–Crippen MR) is 85.0 cm³/mol. The van der Waals surface area contributed by atoms with E-state index in [1.165, 1.54) is 0 Å². The fourth-order valence-electron chi connectivity index (χ4n) is 2.44. The molecule has 0 amide bonds. The number of benzene rings is 1. The molecule has 3 nitrogen and oxygen atoms in total. The van der Waals surface area contributed by atoms with Crippen molar-refractivity contribution >= 4 is 27.8 Å². The molecule has 4 heteroatoms. The van der Waals surface area contributed by atoms with E-state index in [0.717, 1.165) is 47.4 Å². The molecule has 1 aromatic rings. The molecule has 0 N–H and O–H groups in total. The summed E-state index contributed by atoms with van der Waals surface area (Å²) in [6.07, 6.45) is 3.74. The molecule has 0 unspecified atom stereocenters. The lowest BCUT2D eigenvalue weighted by molar-refractivity contribution is -0.117. The lowest BCUT2D eigenvalue weighted by Gasteiger charge is -2.27. The highest BCUT2D eigenvalue weighted by Gasteiger charge is 2.20. The molecule has 1 fully saturated rings. The molecule has 1 aromatic carbocycles. The van der Waals surface area contributed by atoms with Gasteiger partial charge in [0.05, 0.1) is 11.6 Å². The highest BCUT2D eigenvalue weighted by atomic mass is 79.9. The summed E-state index contributed by atoms with van der Waals surface area (Å²) in [6.45, 7) is 4.87. The summed E-state index contributed by atoms with van der Waals surface area (Å²) in [5.41, 5.74) is 1.93. The fourth-order valence-corrected chi connectivity index (χ4v) is 2.99. The summed E-state index contributed by atoms with van der Waals surface area (Å²) >= 11 is 3.47. The summed E-state index contributed by atoms with van der Waals surface area (Å²) in [6, 6.07) is 5.87. The van der Waals surface area contributed by atoms with Crippen molar-refractivity contribution in [2.75, 3.05) is 26.7 Å². The zero-order valence-corrected chi connectivity index (χ0v) is 13.6. The first kappa shape index (κ1) is 15.3. The molecule has 0 atom stereocenters. The molecule has 0 saturated carbocycles. The second kappa shape index (κ2) is 7.04. The maximum Gasteiger partial charge on any atom is 0.161 e. The van der Waals surface area contributed by atoms with Crippen LogP contribution in [0, 0.1) is 0 Å². The van der Waals surface area contributed by atoms with Crippen molar-refractivity contribution in [1.82, 2.24) is 4.90 Å². The van der Waals surface area contributed by atoms with Gasteiger partial charge >= 0.3 is 0 Å². The molecule has 1 aliphatic rings. The molecule has 0 radical (unpaired) electrons. The van der Waals surface area contributed by atoms with Gasteiger partial charge in [-0.15, -0.1) is 0 Å². The molecule has 0 bridgehead atoms. The predicted octanol–water partition coefficient (Wildman–Crippen LogP) is 3.53. The van der Waals surface area contributed by atoms with E-state index in [4.69, 9.17) is 4.74 Å². The minimum absolute atomic E-state index is 0.268. The van der Waals surface area contributed by atoms with Gasteiger partial charge in [0.15, 0.2) is 5.78 Å². The van der Waals surface area contributed by atoms with Gasteiger partial charge in [-0.05, 0) is 52.7 Å². The number of hydrogen-bond acceptors (Lipinski definition) is 3. The Labute approximate surface area is 128 Å². The number of ketones is 1. The number of Topliss-reactive ketones (excluding diaryl/α,β-unsaturated/α-hetero) is 1. The molecule has 0 spiro atoms. The number of hydrogen-bond donors (Lipinski definition) is 0. The number of nitrogens with zero attached hydrogens (tertiary/aromatic N) is 1. The molecular weight excluding hydrogens is 318 g/mol. The Morgan fingerprint density at radius 1 is 1.45 bits per heavy atom. The lowest BCUT2D eigenvalue weighted by Crippen LogP contribution is -2.36. The smallest absolute Gasteiger partial charge is 0.161 e. The molecule has 2 rings (SSSR count). The van der Waals surface area contributed by atoms with Crippen molar-refractivity contribution in [3.05, 3.63) is 33.8 Å². The first-order chi connectivity index (χ1) is 9.63. The number of carbonyl (C=O) groups excluding carboxylic acids is 1. The number of ether oxygens (including phenoxy) is 1. The van der Waals surface area contributed by atoms with Crippen LogP contribution >= 0.6 is 15.9 Å². The van der Waals surface area contributed by atoms with E-state index >= 15 is 0 Å². The molecule has 20 heavy (non-hydrogen) atoms. The summed E-state index contributed by atoms with van der Waals surface area (Å²) in [5, 5.41) is 0. The fraction of sp³-hybridized carbons (Fsp3) is 0.438. The van der Waals surface area contributed by atoms with Gasteiger partial charge in [0.2, 0.25) is 0 Å². The van der Waals surface area contributed by atoms with Gasteiger partial charge in [-0.2, -0.15) is 0 Å². The average molecular weight is 338 g/mol. The third-order valence-electron chi connectivity index (χ3n) is 3.46. The SMILES string of the molecule is CCCN1CCC(=O)/C(=C/c2ccc(OC)c(Br)c2)C1. The Hall–Kier alpha value is -1.13. The number of piperidine rings is 1. The van der Waals surface area contributed by atoms with E-state index in [1.807, 2.05) is 24.3 Å². The Morgan fingerprint density at radius 2 is 2.25 bits per heavy atom. The van der Waals surface area contributed by atoms with E-state index in [1.54, 1.807) is 7.11 Å². The Bertz CT molecular complexity index is 525. The van der Waals surface area contributed by atoms with Crippen molar-refractivity contribution in [1.29, 1.82) is 0 Å². The normalized spacial score (nSPS) is 18.6. The highest BCUT2D eigenvalue weighted by molar-refractivity contribution is 9.10. The van der Waals surface area contributed by atoms with Crippen molar-refractivity contribution in [2.45, 2.75) is 19.8 Å². The Balaban J connectivity index is 2.19. The van der Waals surface area contributed by atoms with E-state index in [9.17, 15) is 4.79 Å². The van der Waals surface area contributed by atoms with Crippen LogP contribution in [0.25, 0.3) is 6.08 Å². The van der Waals surface area contributed by atoms with Gasteiger partial charge in [0.1, 0.15) is 5.75 Å². The highest BCUT2D eigenvalue weighted by Crippen LogP contribution is 2.27. The van der Waals surface area contributed by atoms with E-state index in [0.29, 0.717) is 6.42 Å². The summed E-state index contributed by atoms with van der Waals surface area (Å²) in [5.74, 6) is 1.07. The molecule has 1 aliphatic heterocycles. The minimum atomic E-state index is 0.268. The van der Waals surface area contributed by atoms with Gasteiger partial charge in [-0.3, -0.25) is 9.69 Å². The van der Waals surface area contributed by atoms with Crippen LogP contribution in [0.2, 0.25) is 0 Å². The maximum absolute atomic E-state index is 12.0. The van der Waals surface area contributed by atoms with Crippen LogP contribution < -0.4 is 4.74 Å². The minimum Gasteiger partial charge on any atom is -0.496 e. The second-order valence-electron chi connectivity index (χ2n) is 5.01. The Morgan fingerprint density at radius 3 is 2.90 bits per heavy atom. The quantitative estimate of drug-likeness (QED) is 0.787. The Kier molecular flexibility index (Phi) is 5.38. The average Bonchev–Trinajstić information content (AvgIpc) is 2.43. The number of halogens is 1. The standard InChI is InChI=1S/C16H20BrNO2/c1-3-7-18-8-6-15(19)13(11-18)9-12-4-5-16(20-2)14(17)10-12/h4-5,9-10H,3,6-8,11H2,1-2H3/b13-9+. The van der Waals surface area contributed by atoms with E-state index in [2.05, 4.69) is 27.8 Å². The van der Waals surface area contributed by atoms with Crippen LogP contribution in [0.5, 0.6) is 5.75 Å². The molecule has 1 heterocycles. The summed E-state index contributed by atoms with van der Waals surface area (Å²) in [4.78, 5) is 14.4. The molecular formula is C16H20BrNO2. The van der Waals surface area contributed by atoms with Crippen LogP contribution in [0.3, 0.4) is 0 Å². The number of carbonyl (C=O) groups is 1. The third-order valence-corrected chi connectivity index (χ3v) is 4.08. The number of methoxy groups -OCH3 is 1. The molecule has 0 aromatic heterocycles. The first-order valence-electron chi connectivity index (χ1n) is 6.93. The molecule has 1 saturated heterocycles. The topological polar surface area (TPSA) is 29.5 Å². The van der Waals surface area contributed by atoms with Crippen LogP contribution in [-0.4, -0.2) is 37.4 Å². The van der Waals surface area contributed by atoms with Crippen LogP contribution in [0.1, 0.15) is 25.3 Å². The van der Waals surface area contributed by atoms with Gasteiger partial charge in [-0.1, -0.05) is 13.0 Å². The zero-order chi connectivity index (χ0) is 14.5. The van der Waals surface area contributed by atoms with Gasteiger partial charge in [-0.25, -0.2) is 0 Å². The number of likely N-dealkylation sites (tertiary alicyclic amines) is 1. The van der Waals surface area contributed by atoms with E-state index < -0.39 is 0 Å². The zero-order valence-electron chi connectivity index (χ0n) is 12.0. The lowest BCUT2D eigenvalue weighted by atomic mass is 10.00. The van der Waals surface area contributed by atoms with Gasteiger partial charge in [0.25, 0.3) is 0 Å². The largest absolute Gasteiger partial charge is 0.496 e. The van der Waals surface area contributed by atoms with E-state index in [-0.39, 0.29) is 5.78 Å². The maximum atomic E-state index is 12.0. The molecule has 108 valence electrons. The monoisotopic (exact) mass is 337 g/mol. The second-order valence-corrected chi connectivity index (χ2v) is 5.87. The summed E-state index contributed by atoms with van der Waals surface area (Å²) in [7, 11) is 1.64. The number of rotatable bonds is 4. The first-order valence-corrected chi connectivity index (χ1v) is 7.73. The van der Waals surface area contributed by atoms with Gasteiger partial charge in [0, 0.05) is 25.1 Å². The van der Waals surface area contributed by atoms with Crippen LogP contribution in [0.15, 0.2) is 28.2 Å². The summed E-state index contributed by atoms with van der Waals surface area (Å²) < 4.78 is 6.12. The van der Waals surface area contributed by atoms with Crippen LogP contribution in [0.4, 0.5) is 0 Å². The van der Waals surface area contributed by atoms with Crippen LogP contribution in [-0.2, 0) is 4.79 Å². The van der Waals surface area contributed by atoms with Crippen molar-refractivity contribution in [3.63, 3.8) is 0 Å². The van der Waals surface area contributed by atoms with Gasteiger partial charge < -0.3 is 4.74 Å². The van der Waals surface area contributed by atoms with Crippen molar-refractivity contribution in [2.24, 2.45) is 0 Å². The van der Waals surface area contributed by atoms with Crippen molar-refractivity contribution in [3.8, 4) is 5.75 Å².